The molecule has 2 rings (SSSR count). The number of thiocarbonyl (C=S) groups is 1. The summed E-state index contributed by atoms with van der Waals surface area (Å²) in [5, 5.41) is 3.98. The standard InChI is InChI=1S/C17H19NO2S2/c1-4-20-17(19)15-11(2)12(3)22-16(15)18-14(21)10-13-8-6-5-7-9-13/h5-9H,4,10H2,1-3H3,(H,18,21). The predicted molar refractivity (Wildman–Crippen MR) is 96.1 cm³/mol. The quantitative estimate of drug-likeness (QED) is 0.645. The van der Waals surface area contributed by atoms with E-state index in [2.05, 4.69) is 5.32 Å². The molecule has 0 atom stereocenters. The van der Waals surface area contributed by atoms with Gasteiger partial charge in [0.15, 0.2) is 0 Å². The summed E-state index contributed by atoms with van der Waals surface area (Å²) in [4.78, 5) is 13.9. The molecule has 0 amide bonds. The van der Waals surface area contributed by atoms with Gasteiger partial charge in [0.2, 0.25) is 0 Å². The molecule has 1 aromatic heterocycles. The Kier molecular flexibility index (Phi) is 5.69. The van der Waals surface area contributed by atoms with E-state index in [0.29, 0.717) is 23.6 Å². The number of thiophene rings is 1. The third-order valence-corrected chi connectivity index (χ3v) is 4.69. The molecule has 1 heterocycles. The molecule has 0 radical (unpaired) electrons. The van der Waals surface area contributed by atoms with Gasteiger partial charge in [-0.1, -0.05) is 42.5 Å². The van der Waals surface area contributed by atoms with Crippen LogP contribution in [0.15, 0.2) is 30.3 Å². The number of anilines is 1. The summed E-state index contributed by atoms with van der Waals surface area (Å²) in [6.45, 7) is 6.10. The van der Waals surface area contributed by atoms with Gasteiger partial charge >= 0.3 is 5.97 Å². The fourth-order valence-corrected chi connectivity index (χ4v) is 3.52. The van der Waals surface area contributed by atoms with Gasteiger partial charge in [-0.25, -0.2) is 4.79 Å². The fraction of sp³-hybridized carbons (Fsp3) is 0.294. The van der Waals surface area contributed by atoms with Crippen LogP contribution in [0.2, 0.25) is 0 Å². The van der Waals surface area contributed by atoms with Gasteiger partial charge in [-0.3, -0.25) is 0 Å². The highest BCUT2D eigenvalue weighted by molar-refractivity contribution is 7.80. The smallest absolute Gasteiger partial charge is 0.341 e. The van der Waals surface area contributed by atoms with Crippen molar-refractivity contribution in [2.75, 3.05) is 11.9 Å². The second kappa shape index (κ2) is 7.51. The maximum atomic E-state index is 12.1. The predicted octanol–water partition coefficient (Wildman–Crippen LogP) is 4.52. The van der Waals surface area contributed by atoms with E-state index < -0.39 is 0 Å². The van der Waals surface area contributed by atoms with Crippen LogP contribution < -0.4 is 5.32 Å². The number of hydrogen-bond acceptors (Lipinski definition) is 4. The monoisotopic (exact) mass is 333 g/mol. The molecule has 0 bridgehead atoms. The lowest BCUT2D eigenvalue weighted by molar-refractivity contribution is 0.0527. The van der Waals surface area contributed by atoms with Gasteiger partial charge in [0.1, 0.15) is 5.00 Å². The Hall–Kier alpha value is -1.72. The van der Waals surface area contributed by atoms with Crippen LogP contribution >= 0.6 is 23.6 Å². The van der Waals surface area contributed by atoms with Crippen molar-refractivity contribution >= 4 is 39.5 Å². The highest BCUT2D eigenvalue weighted by Crippen LogP contribution is 2.33. The lowest BCUT2D eigenvalue weighted by atomic mass is 10.1. The molecule has 0 unspecified atom stereocenters. The molecule has 22 heavy (non-hydrogen) atoms. The van der Waals surface area contributed by atoms with E-state index in [0.717, 1.165) is 21.0 Å². The summed E-state index contributed by atoms with van der Waals surface area (Å²) in [6, 6.07) is 10.0. The average Bonchev–Trinajstić information content (AvgIpc) is 2.74. The molecule has 3 nitrogen and oxygen atoms in total. The number of carbonyl (C=O) groups excluding carboxylic acids is 1. The zero-order chi connectivity index (χ0) is 16.1. The SMILES string of the molecule is CCOC(=O)c1c(NC(=S)Cc2ccccc2)sc(C)c1C. The first-order valence-electron chi connectivity index (χ1n) is 7.13. The van der Waals surface area contributed by atoms with E-state index in [-0.39, 0.29) is 5.97 Å². The summed E-state index contributed by atoms with van der Waals surface area (Å²) in [5.41, 5.74) is 2.69. The molecule has 0 aliphatic rings. The van der Waals surface area contributed by atoms with Crippen LogP contribution in [-0.4, -0.2) is 17.6 Å². The molecule has 1 aromatic carbocycles. The highest BCUT2D eigenvalue weighted by Gasteiger charge is 2.21. The zero-order valence-electron chi connectivity index (χ0n) is 12.9. The van der Waals surface area contributed by atoms with E-state index in [1.165, 1.54) is 11.3 Å². The second-order valence-corrected chi connectivity index (χ2v) is 6.64. The summed E-state index contributed by atoms with van der Waals surface area (Å²) in [6.07, 6.45) is 0.647. The maximum Gasteiger partial charge on any atom is 0.341 e. The largest absolute Gasteiger partial charge is 0.462 e. The molecule has 5 heteroatoms. The number of aryl methyl sites for hydroxylation is 1. The maximum absolute atomic E-state index is 12.1. The molecule has 0 aliphatic carbocycles. The first-order valence-corrected chi connectivity index (χ1v) is 8.36. The molecule has 2 aromatic rings. The van der Waals surface area contributed by atoms with Crippen LogP contribution in [0.1, 0.15) is 33.3 Å². The van der Waals surface area contributed by atoms with Gasteiger partial charge in [-0.2, -0.15) is 0 Å². The van der Waals surface area contributed by atoms with Crippen molar-refractivity contribution in [2.45, 2.75) is 27.2 Å². The Morgan fingerprint density at radius 3 is 2.59 bits per heavy atom. The lowest BCUT2D eigenvalue weighted by Gasteiger charge is -2.09. The third-order valence-electron chi connectivity index (χ3n) is 3.33. The number of nitrogens with one attached hydrogen (secondary N) is 1. The zero-order valence-corrected chi connectivity index (χ0v) is 14.6. The van der Waals surface area contributed by atoms with Crippen LogP contribution in [0.5, 0.6) is 0 Å². The number of carbonyl (C=O) groups is 1. The summed E-state index contributed by atoms with van der Waals surface area (Å²) in [5.74, 6) is -0.297. The normalized spacial score (nSPS) is 10.3. The number of hydrogen-bond donors (Lipinski definition) is 1. The highest BCUT2D eigenvalue weighted by atomic mass is 32.1. The Bertz CT molecular complexity index is 677. The van der Waals surface area contributed by atoms with Gasteiger partial charge in [0.05, 0.1) is 17.2 Å². The van der Waals surface area contributed by atoms with Gasteiger partial charge in [-0.05, 0) is 31.9 Å². The van der Waals surface area contributed by atoms with Gasteiger partial charge in [0, 0.05) is 11.3 Å². The van der Waals surface area contributed by atoms with Crippen molar-refractivity contribution in [1.29, 1.82) is 0 Å². The van der Waals surface area contributed by atoms with Crippen molar-refractivity contribution in [2.24, 2.45) is 0 Å². The van der Waals surface area contributed by atoms with Crippen LogP contribution in [0.3, 0.4) is 0 Å². The second-order valence-electron chi connectivity index (χ2n) is 4.92. The first kappa shape index (κ1) is 16.6. The average molecular weight is 333 g/mol. The van der Waals surface area contributed by atoms with Crippen molar-refractivity contribution in [3.63, 3.8) is 0 Å². The number of ether oxygens (including phenoxy) is 1. The van der Waals surface area contributed by atoms with E-state index >= 15 is 0 Å². The van der Waals surface area contributed by atoms with Crippen molar-refractivity contribution in [3.05, 3.63) is 51.9 Å². The summed E-state index contributed by atoms with van der Waals surface area (Å²) < 4.78 is 5.15. The fourth-order valence-electron chi connectivity index (χ4n) is 2.12. The Balaban J connectivity index is 2.17. The van der Waals surface area contributed by atoms with Crippen LogP contribution in [0.25, 0.3) is 0 Å². The Morgan fingerprint density at radius 1 is 1.27 bits per heavy atom. The number of benzene rings is 1. The molecule has 0 saturated carbocycles. The van der Waals surface area contributed by atoms with Crippen LogP contribution in [0.4, 0.5) is 5.00 Å². The van der Waals surface area contributed by atoms with Crippen molar-refractivity contribution in [3.8, 4) is 0 Å². The third kappa shape index (κ3) is 3.93. The molecular weight excluding hydrogens is 314 g/mol. The van der Waals surface area contributed by atoms with E-state index in [1.54, 1.807) is 6.92 Å². The minimum absolute atomic E-state index is 0.297. The summed E-state index contributed by atoms with van der Waals surface area (Å²) in [7, 11) is 0. The topological polar surface area (TPSA) is 38.3 Å². The summed E-state index contributed by atoms with van der Waals surface area (Å²) >= 11 is 6.96. The minimum atomic E-state index is -0.297. The molecule has 1 N–H and O–H groups in total. The lowest BCUT2D eigenvalue weighted by Crippen LogP contribution is -2.15. The van der Waals surface area contributed by atoms with E-state index in [4.69, 9.17) is 17.0 Å². The first-order chi connectivity index (χ1) is 10.5. The van der Waals surface area contributed by atoms with Crippen molar-refractivity contribution < 1.29 is 9.53 Å². The molecule has 116 valence electrons. The van der Waals surface area contributed by atoms with Gasteiger partial charge in [-0.15, -0.1) is 11.3 Å². The molecule has 0 saturated heterocycles. The van der Waals surface area contributed by atoms with Crippen LogP contribution in [0, 0.1) is 13.8 Å². The minimum Gasteiger partial charge on any atom is -0.462 e. The molecule has 0 spiro atoms. The van der Waals surface area contributed by atoms with E-state index in [1.807, 2.05) is 44.2 Å². The number of rotatable bonds is 5. The molecular formula is C17H19NO2S2. The molecule has 0 fully saturated rings. The molecule has 0 aliphatic heterocycles. The number of esters is 1. The Labute approximate surface area is 140 Å². The van der Waals surface area contributed by atoms with Crippen molar-refractivity contribution in [1.82, 2.24) is 0 Å². The Morgan fingerprint density at radius 2 is 1.95 bits per heavy atom. The van der Waals surface area contributed by atoms with Gasteiger partial charge in [0.25, 0.3) is 0 Å². The van der Waals surface area contributed by atoms with Crippen LogP contribution in [-0.2, 0) is 11.2 Å². The van der Waals surface area contributed by atoms with Gasteiger partial charge < -0.3 is 10.1 Å². The van der Waals surface area contributed by atoms with E-state index in [9.17, 15) is 4.79 Å².